The van der Waals surface area contributed by atoms with Gasteiger partial charge >= 0.3 is 0 Å². The van der Waals surface area contributed by atoms with E-state index >= 15 is 0 Å². The molecule has 5 heteroatoms. The Morgan fingerprint density at radius 1 is 0.818 bits per heavy atom. The molecule has 1 heterocycles. The van der Waals surface area contributed by atoms with Crippen molar-refractivity contribution in [1.29, 1.82) is 0 Å². The second kappa shape index (κ2) is 11.9. The van der Waals surface area contributed by atoms with E-state index in [9.17, 15) is 5.11 Å². The van der Waals surface area contributed by atoms with Gasteiger partial charge in [-0.3, -0.25) is 4.90 Å². The minimum Gasteiger partial charge on any atom is -0.497 e. The molecule has 4 rings (SSSR count). The molecule has 1 aliphatic heterocycles. The maximum absolute atomic E-state index is 11.2. The molecule has 2 fully saturated rings. The first-order valence-electron chi connectivity index (χ1n) is 12.6. The summed E-state index contributed by atoms with van der Waals surface area (Å²) in [6.07, 6.45) is 5.59. The molecule has 0 amide bonds. The lowest BCUT2D eigenvalue weighted by Crippen LogP contribution is -2.50. The second-order valence-electron chi connectivity index (χ2n) is 9.64. The number of aliphatic hydroxyl groups excluding tert-OH is 1. The molecule has 0 radical (unpaired) electrons. The van der Waals surface area contributed by atoms with Crippen LogP contribution in [-0.2, 0) is 6.42 Å². The largest absolute Gasteiger partial charge is 0.497 e. The van der Waals surface area contributed by atoms with Crippen molar-refractivity contribution in [2.45, 2.75) is 44.1 Å². The fourth-order valence-electron chi connectivity index (χ4n) is 5.56. The van der Waals surface area contributed by atoms with Crippen LogP contribution in [0.25, 0.3) is 0 Å². The topological polar surface area (TPSA) is 45.2 Å². The summed E-state index contributed by atoms with van der Waals surface area (Å²) in [6, 6.07) is 16.9. The van der Waals surface area contributed by atoms with E-state index < -0.39 is 0 Å². The van der Waals surface area contributed by atoms with E-state index in [0.29, 0.717) is 11.8 Å². The molecule has 3 unspecified atom stereocenters. The van der Waals surface area contributed by atoms with Gasteiger partial charge in [0.05, 0.1) is 20.3 Å². The van der Waals surface area contributed by atoms with Crippen molar-refractivity contribution in [3.05, 3.63) is 59.7 Å². The standard InChI is InChI=1S/C28H40N2O3/c1-32-24-11-7-22(8-12-24)15-16-29-17-19-30(20-18-29)21-28(31)27-6-4-3-5-26(27)23-9-13-25(33-2)14-10-23/h7-14,26-28,31H,3-6,15-21H2,1-2H3. The molecule has 0 bridgehead atoms. The van der Waals surface area contributed by atoms with E-state index in [0.717, 1.165) is 63.6 Å². The van der Waals surface area contributed by atoms with E-state index in [4.69, 9.17) is 9.47 Å². The Balaban J connectivity index is 1.24. The van der Waals surface area contributed by atoms with E-state index in [1.807, 2.05) is 12.1 Å². The average Bonchev–Trinajstić information content (AvgIpc) is 2.88. The van der Waals surface area contributed by atoms with Crippen molar-refractivity contribution < 1.29 is 14.6 Å². The molecule has 1 N–H and O–H groups in total. The summed E-state index contributed by atoms with van der Waals surface area (Å²) in [4.78, 5) is 5.02. The van der Waals surface area contributed by atoms with Crippen molar-refractivity contribution in [3.8, 4) is 11.5 Å². The first-order valence-corrected chi connectivity index (χ1v) is 12.6. The Kier molecular flexibility index (Phi) is 8.65. The van der Waals surface area contributed by atoms with Gasteiger partial charge in [0.2, 0.25) is 0 Å². The van der Waals surface area contributed by atoms with Crippen LogP contribution in [0.1, 0.15) is 42.7 Å². The molecule has 5 nitrogen and oxygen atoms in total. The number of aliphatic hydroxyl groups is 1. The van der Waals surface area contributed by atoms with Gasteiger partial charge in [-0.25, -0.2) is 0 Å². The zero-order chi connectivity index (χ0) is 23.0. The zero-order valence-electron chi connectivity index (χ0n) is 20.3. The highest BCUT2D eigenvalue weighted by Gasteiger charge is 2.33. The molecule has 2 aromatic carbocycles. The summed E-state index contributed by atoms with van der Waals surface area (Å²) in [7, 11) is 3.42. The Labute approximate surface area is 199 Å². The van der Waals surface area contributed by atoms with Crippen LogP contribution in [0.3, 0.4) is 0 Å². The second-order valence-corrected chi connectivity index (χ2v) is 9.64. The Morgan fingerprint density at radius 3 is 2.03 bits per heavy atom. The predicted octanol–water partition coefficient (Wildman–Crippen LogP) is 4.20. The smallest absolute Gasteiger partial charge is 0.118 e. The third kappa shape index (κ3) is 6.50. The van der Waals surface area contributed by atoms with Gasteiger partial charge in [0.15, 0.2) is 0 Å². The predicted molar refractivity (Wildman–Crippen MR) is 133 cm³/mol. The molecule has 1 saturated heterocycles. The van der Waals surface area contributed by atoms with Crippen molar-refractivity contribution in [2.24, 2.45) is 5.92 Å². The van der Waals surface area contributed by atoms with Crippen LogP contribution >= 0.6 is 0 Å². The van der Waals surface area contributed by atoms with Gasteiger partial charge in [0.25, 0.3) is 0 Å². The third-order valence-electron chi connectivity index (χ3n) is 7.64. The van der Waals surface area contributed by atoms with Crippen molar-refractivity contribution in [1.82, 2.24) is 9.80 Å². The van der Waals surface area contributed by atoms with Crippen molar-refractivity contribution >= 4 is 0 Å². The lowest BCUT2D eigenvalue weighted by atomic mass is 9.73. The van der Waals surface area contributed by atoms with Crippen LogP contribution in [0, 0.1) is 5.92 Å². The fraction of sp³-hybridized carbons (Fsp3) is 0.571. The minimum absolute atomic E-state index is 0.261. The van der Waals surface area contributed by atoms with E-state index in [1.165, 1.54) is 30.4 Å². The minimum atomic E-state index is -0.261. The normalized spacial score (nSPS) is 23.2. The first-order chi connectivity index (χ1) is 16.2. The number of piperazine rings is 1. The zero-order valence-corrected chi connectivity index (χ0v) is 20.3. The van der Waals surface area contributed by atoms with Crippen LogP contribution in [-0.4, -0.2) is 74.5 Å². The molecule has 2 aromatic rings. The Hall–Kier alpha value is -2.08. The van der Waals surface area contributed by atoms with Gasteiger partial charge in [-0.05, 0) is 66.5 Å². The van der Waals surface area contributed by atoms with Crippen LogP contribution in [0.15, 0.2) is 48.5 Å². The highest BCUT2D eigenvalue weighted by atomic mass is 16.5. The lowest BCUT2D eigenvalue weighted by molar-refractivity contribution is 0.0218. The van der Waals surface area contributed by atoms with Gasteiger partial charge in [-0.2, -0.15) is 0 Å². The van der Waals surface area contributed by atoms with Gasteiger partial charge in [-0.1, -0.05) is 37.1 Å². The molecule has 1 saturated carbocycles. The van der Waals surface area contributed by atoms with Gasteiger partial charge in [0.1, 0.15) is 11.5 Å². The van der Waals surface area contributed by atoms with Crippen LogP contribution < -0.4 is 9.47 Å². The maximum atomic E-state index is 11.2. The van der Waals surface area contributed by atoms with E-state index in [2.05, 4.69) is 46.2 Å². The highest BCUT2D eigenvalue weighted by Crippen LogP contribution is 2.40. The molecule has 1 aliphatic carbocycles. The number of β-amino-alcohol motifs (C(OH)–C–C–N with tert-alkyl or cyclic N) is 1. The Bertz CT molecular complexity index is 831. The molecule has 0 spiro atoms. The average molecular weight is 453 g/mol. The van der Waals surface area contributed by atoms with Crippen molar-refractivity contribution in [3.63, 3.8) is 0 Å². The van der Waals surface area contributed by atoms with E-state index in [-0.39, 0.29) is 6.10 Å². The highest BCUT2D eigenvalue weighted by molar-refractivity contribution is 5.30. The first kappa shape index (κ1) is 24.1. The number of hydrogen-bond acceptors (Lipinski definition) is 5. The summed E-state index contributed by atoms with van der Waals surface area (Å²) in [5.41, 5.74) is 2.71. The molecular weight excluding hydrogens is 412 g/mol. The summed E-state index contributed by atoms with van der Waals surface area (Å²) in [5.74, 6) is 2.61. The van der Waals surface area contributed by atoms with Crippen LogP contribution in [0.5, 0.6) is 11.5 Å². The summed E-state index contributed by atoms with van der Waals surface area (Å²) >= 11 is 0. The molecule has 33 heavy (non-hydrogen) atoms. The quantitative estimate of drug-likeness (QED) is 0.618. The maximum Gasteiger partial charge on any atom is 0.118 e. The van der Waals surface area contributed by atoms with Crippen molar-refractivity contribution in [2.75, 3.05) is 53.5 Å². The molecule has 0 aromatic heterocycles. The summed E-state index contributed by atoms with van der Waals surface area (Å²) < 4.78 is 10.6. The van der Waals surface area contributed by atoms with Gasteiger partial charge in [0, 0.05) is 39.3 Å². The number of ether oxygens (including phenoxy) is 2. The Morgan fingerprint density at radius 2 is 1.39 bits per heavy atom. The van der Waals surface area contributed by atoms with Crippen LogP contribution in [0.4, 0.5) is 0 Å². The van der Waals surface area contributed by atoms with Gasteiger partial charge in [-0.15, -0.1) is 0 Å². The monoisotopic (exact) mass is 452 g/mol. The molecule has 2 aliphatic rings. The van der Waals surface area contributed by atoms with Crippen LogP contribution in [0.2, 0.25) is 0 Å². The number of hydrogen-bond donors (Lipinski definition) is 1. The molecule has 3 atom stereocenters. The SMILES string of the molecule is COc1ccc(CCN2CCN(CC(O)C3CCCCC3c3ccc(OC)cc3)CC2)cc1. The number of methoxy groups -OCH3 is 2. The molecular formula is C28H40N2O3. The summed E-state index contributed by atoms with van der Waals surface area (Å²) in [6.45, 7) is 6.12. The fourth-order valence-corrected chi connectivity index (χ4v) is 5.56. The summed E-state index contributed by atoms with van der Waals surface area (Å²) in [5, 5.41) is 11.2. The third-order valence-corrected chi connectivity index (χ3v) is 7.64. The number of benzene rings is 2. The molecule has 180 valence electrons. The lowest BCUT2D eigenvalue weighted by Gasteiger charge is -2.40. The van der Waals surface area contributed by atoms with E-state index in [1.54, 1.807) is 14.2 Å². The number of rotatable bonds is 9. The number of nitrogens with zero attached hydrogens (tertiary/aromatic N) is 2. The van der Waals surface area contributed by atoms with Gasteiger partial charge < -0.3 is 19.5 Å².